The van der Waals surface area contributed by atoms with Gasteiger partial charge in [-0.05, 0) is 48.0 Å². The van der Waals surface area contributed by atoms with E-state index in [1.54, 1.807) is 24.3 Å². The highest BCUT2D eigenvalue weighted by Gasteiger charge is 2.18. The molecule has 0 spiro atoms. The Bertz CT molecular complexity index is 1190. The fourth-order valence-corrected chi connectivity index (χ4v) is 3.67. The van der Waals surface area contributed by atoms with Crippen molar-refractivity contribution in [3.05, 3.63) is 89.7 Å². The molecule has 0 aliphatic heterocycles. The van der Waals surface area contributed by atoms with Crippen LogP contribution in [0.25, 0.3) is 0 Å². The van der Waals surface area contributed by atoms with Gasteiger partial charge in [-0.15, -0.1) is 0 Å². The van der Waals surface area contributed by atoms with Crippen molar-refractivity contribution in [2.24, 2.45) is 0 Å². The summed E-state index contributed by atoms with van der Waals surface area (Å²) < 4.78 is 41.0. The summed E-state index contributed by atoms with van der Waals surface area (Å²) in [5, 5.41) is 11.4. The summed E-state index contributed by atoms with van der Waals surface area (Å²) in [5.41, 5.74) is 1.27. The molecular formula is C21H16FN3O3S. The minimum atomic E-state index is -4.08. The molecule has 0 aliphatic carbocycles. The molecular weight excluding hydrogens is 393 g/mol. The van der Waals surface area contributed by atoms with Gasteiger partial charge in [0.05, 0.1) is 23.1 Å². The molecule has 0 saturated carbocycles. The molecule has 0 atom stereocenters. The number of carbonyl (C=O) groups excluding carboxylic acids is 1. The van der Waals surface area contributed by atoms with Crippen molar-refractivity contribution < 1.29 is 17.6 Å². The van der Waals surface area contributed by atoms with E-state index in [9.17, 15) is 17.6 Å². The van der Waals surface area contributed by atoms with Crippen LogP contribution in [-0.4, -0.2) is 14.3 Å². The molecule has 0 bridgehead atoms. The van der Waals surface area contributed by atoms with Gasteiger partial charge in [0.25, 0.3) is 15.9 Å². The quantitative estimate of drug-likeness (QED) is 0.644. The third kappa shape index (κ3) is 4.97. The van der Waals surface area contributed by atoms with Gasteiger partial charge in [-0.1, -0.05) is 30.3 Å². The predicted molar refractivity (Wildman–Crippen MR) is 107 cm³/mol. The lowest BCUT2D eigenvalue weighted by molar-refractivity contribution is 0.102. The van der Waals surface area contributed by atoms with Crippen LogP contribution in [0.4, 0.5) is 15.8 Å². The van der Waals surface area contributed by atoms with Crippen LogP contribution in [0, 0.1) is 17.1 Å². The lowest BCUT2D eigenvalue weighted by Gasteiger charge is -2.10. The van der Waals surface area contributed by atoms with Crippen LogP contribution in [0.5, 0.6) is 0 Å². The van der Waals surface area contributed by atoms with Crippen LogP contribution in [-0.2, 0) is 16.4 Å². The van der Waals surface area contributed by atoms with Crippen molar-refractivity contribution in [3.63, 3.8) is 0 Å². The molecule has 3 aromatic carbocycles. The van der Waals surface area contributed by atoms with E-state index in [2.05, 4.69) is 10.0 Å². The van der Waals surface area contributed by atoms with Crippen molar-refractivity contribution >= 4 is 27.3 Å². The van der Waals surface area contributed by atoms with E-state index in [0.717, 1.165) is 11.6 Å². The Labute approximate surface area is 167 Å². The Morgan fingerprint density at radius 1 is 1.00 bits per heavy atom. The topological polar surface area (TPSA) is 99.1 Å². The highest BCUT2D eigenvalue weighted by Crippen LogP contribution is 2.20. The Hall–Kier alpha value is -3.70. The van der Waals surface area contributed by atoms with Crippen molar-refractivity contribution in [2.45, 2.75) is 11.3 Å². The number of para-hydroxylation sites is 1. The van der Waals surface area contributed by atoms with E-state index in [4.69, 9.17) is 5.26 Å². The fraction of sp³-hybridized carbons (Fsp3) is 0.0476. The number of hydrogen-bond acceptors (Lipinski definition) is 4. The van der Waals surface area contributed by atoms with E-state index in [0.29, 0.717) is 5.69 Å². The monoisotopic (exact) mass is 409 g/mol. The number of hydrogen-bond donors (Lipinski definition) is 2. The average molecular weight is 409 g/mol. The maximum absolute atomic E-state index is 13.8. The lowest BCUT2D eigenvalue weighted by Crippen LogP contribution is -2.16. The standard InChI is InChI=1S/C21H16FN3O3S/c22-19-6-1-2-7-20(19)25-29(27,28)18-5-3-4-16(14-18)21(26)24-17-10-8-15(9-11-17)12-13-23/h1-11,14,25H,12H2,(H,24,26). The number of nitrogens with one attached hydrogen (secondary N) is 2. The molecule has 0 unspecified atom stereocenters. The van der Waals surface area contributed by atoms with Crippen LogP contribution < -0.4 is 10.0 Å². The van der Waals surface area contributed by atoms with Gasteiger partial charge in [0.15, 0.2) is 0 Å². The van der Waals surface area contributed by atoms with E-state index in [1.165, 1.54) is 42.5 Å². The number of rotatable bonds is 6. The van der Waals surface area contributed by atoms with E-state index >= 15 is 0 Å². The minimum Gasteiger partial charge on any atom is -0.322 e. The Balaban J connectivity index is 1.78. The first kappa shape index (κ1) is 20.0. The number of nitrogens with zero attached hydrogens (tertiary/aromatic N) is 1. The van der Waals surface area contributed by atoms with Crippen LogP contribution in [0.15, 0.2) is 77.7 Å². The lowest BCUT2D eigenvalue weighted by atomic mass is 10.1. The molecule has 0 aliphatic rings. The molecule has 3 rings (SSSR count). The number of nitriles is 1. The Morgan fingerprint density at radius 2 is 1.72 bits per heavy atom. The first-order valence-electron chi connectivity index (χ1n) is 8.54. The molecule has 3 aromatic rings. The summed E-state index contributed by atoms with van der Waals surface area (Å²) in [6.45, 7) is 0. The molecule has 0 heterocycles. The van der Waals surface area contributed by atoms with Gasteiger partial charge < -0.3 is 5.32 Å². The maximum Gasteiger partial charge on any atom is 0.262 e. The van der Waals surface area contributed by atoms with Gasteiger partial charge in [0.2, 0.25) is 0 Å². The van der Waals surface area contributed by atoms with Crippen molar-refractivity contribution in [3.8, 4) is 6.07 Å². The smallest absolute Gasteiger partial charge is 0.262 e. The molecule has 0 aromatic heterocycles. The second kappa shape index (κ2) is 8.54. The summed E-state index contributed by atoms with van der Waals surface area (Å²) >= 11 is 0. The van der Waals surface area contributed by atoms with Crippen LogP contribution in [0.1, 0.15) is 15.9 Å². The third-order valence-corrected chi connectivity index (χ3v) is 5.38. The normalized spacial score (nSPS) is 10.8. The number of sulfonamides is 1. The molecule has 8 heteroatoms. The zero-order valence-electron chi connectivity index (χ0n) is 15.1. The van der Waals surface area contributed by atoms with E-state index < -0.39 is 21.7 Å². The Kier molecular flexibility index (Phi) is 5.90. The highest BCUT2D eigenvalue weighted by atomic mass is 32.2. The molecule has 2 N–H and O–H groups in total. The number of halogens is 1. The number of amides is 1. The number of carbonyl (C=O) groups is 1. The molecule has 1 amide bonds. The molecule has 0 saturated heterocycles. The first-order valence-corrected chi connectivity index (χ1v) is 10.0. The summed E-state index contributed by atoms with van der Waals surface area (Å²) in [7, 11) is -4.08. The minimum absolute atomic E-state index is 0.127. The summed E-state index contributed by atoms with van der Waals surface area (Å²) in [6, 6.07) is 19.6. The number of anilines is 2. The van der Waals surface area contributed by atoms with Gasteiger partial charge in [-0.25, -0.2) is 12.8 Å². The summed E-state index contributed by atoms with van der Waals surface area (Å²) in [4.78, 5) is 12.3. The second-order valence-corrected chi connectivity index (χ2v) is 7.78. The van der Waals surface area contributed by atoms with Gasteiger partial charge in [-0.2, -0.15) is 5.26 Å². The number of benzene rings is 3. The van der Waals surface area contributed by atoms with Gasteiger partial charge in [-0.3, -0.25) is 9.52 Å². The van der Waals surface area contributed by atoms with Crippen LogP contribution in [0.2, 0.25) is 0 Å². The van der Waals surface area contributed by atoms with Gasteiger partial charge in [0, 0.05) is 11.3 Å². The zero-order chi connectivity index (χ0) is 20.9. The van der Waals surface area contributed by atoms with E-state index in [-0.39, 0.29) is 22.6 Å². The van der Waals surface area contributed by atoms with Crippen molar-refractivity contribution in [1.82, 2.24) is 0 Å². The van der Waals surface area contributed by atoms with Crippen LogP contribution >= 0.6 is 0 Å². The molecule has 0 radical (unpaired) electrons. The van der Waals surface area contributed by atoms with Gasteiger partial charge in [0.1, 0.15) is 5.82 Å². The molecule has 29 heavy (non-hydrogen) atoms. The highest BCUT2D eigenvalue weighted by molar-refractivity contribution is 7.92. The van der Waals surface area contributed by atoms with Crippen molar-refractivity contribution in [1.29, 1.82) is 5.26 Å². The largest absolute Gasteiger partial charge is 0.322 e. The van der Waals surface area contributed by atoms with Gasteiger partial charge >= 0.3 is 0 Å². The maximum atomic E-state index is 13.8. The third-order valence-electron chi connectivity index (χ3n) is 4.02. The van der Waals surface area contributed by atoms with Crippen molar-refractivity contribution in [2.75, 3.05) is 10.0 Å². The summed E-state index contributed by atoms with van der Waals surface area (Å²) in [6.07, 6.45) is 0.267. The predicted octanol–water partition coefficient (Wildman–Crippen LogP) is 3.94. The first-order chi connectivity index (χ1) is 13.9. The summed E-state index contributed by atoms with van der Waals surface area (Å²) in [5.74, 6) is -1.20. The fourth-order valence-electron chi connectivity index (χ4n) is 2.55. The molecule has 6 nitrogen and oxygen atoms in total. The second-order valence-electron chi connectivity index (χ2n) is 6.10. The van der Waals surface area contributed by atoms with E-state index in [1.807, 2.05) is 6.07 Å². The molecule has 0 fully saturated rings. The van der Waals surface area contributed by atoms with Crippen LogP contribution in [0.3, 0.4) is 0 Å². The molecule has 146 valence electrons. The average Bonchev–Trinajstić information content (AvgIpc) is 2.71. The zero-order valence-corrected chi connectivity index (χ0v) is 15.9. The Morgan fingerprint density at radius 3 is 2.41 bits per heavy atom. The SMILES string of the molecule is N#CCc1ccc(NC(=O)c2cccc(S(=O)(=O)Nc3ccccc3F)c2)cc1.